The fraction of sp³-hybridized carbons (Fsp3) is 0.500. The number of rotatable bonds is 5. The zero-order chi connectivity index (χ0) is 14.4. The minimum absolute atomic E-state index is 0.507. The second kappa shape index (κ2) is 6.98. The van der Waals surface area contributed by atoms with E-state index in [4.69, 9.17) is 0 Å². The molecular formula is C12H16N2O4S. The number of ether oxygens (including phenoxy) is 2. The Morgan fingerprint density at radius 2 is 1.95 bits per heavy atom. The number of methoxy groups -OCH3 is 2. The fourth-order valence-electron chi connectivity index (χ4n) is 1.41. The Morgan fingerprint density at radius 1 is 1.37 bits per heavy atom. The van der Waals surface area contributed by atoms with Gasteiger partial charge in [-0.05, 0) is 13.3 Å². The molecular weight excluding hydrogens is 268 g/mol. The van der Waals surface area contributed by atoms with Crippen LogP contribution in [0.1, 0.15) is 17.5 Å². The summed E-state index contributed by atoms with van der Waals surface area (Å²) in [6.07, 6.45) is 2.02. The monoisotopic (exact) mass is 284 g/mol. The van der Waals surface area contributed by atoms with Gasteiger partial charge in [0.2, 0.25) is 5.13 Å². The Hall–Kier alpha value is -1.76. The summed E-state index contributed by atoms with van der Waals surface area (Å²) in [5, 5.41) is 0.507. The normalized spacial score (nSPS) is 11.0. The number of hydrogen-bond acceptors (Lipinski definition) is 7. The van der Waals surface area contributed by atoms with E-state index in [2.05, 4.69) is 19.5 Å². The largest absolute Gasteiger partial charge is 0.468 e. The highest BCUT2D eigenvalue weighted by Crippen LogP contribution is 2.24. The van der Waals surface area contributed by atoms with E-state index < -0.39 is 17.9 Å². The van der Waals surface area contributed by atoms with Gasteiger partial charge in [0.15, 0.2) is 5.92 Å². The molecule has 1 aromatic rings. The van der Waals surface area contributed by atoms with Crippen LogP contribution in [-0.4, -0.2) is 37.4 Å². The number of carbonyl (C=O) groups is 2. The molecule has 6 nitrogen and oxygen atoms in total. The molecule has 1 heterocycles. The van der Waals surface area contributed by atoms with Crippen LogP contribution in [0.25, 0.3) is 0 Å². The molecule has 0 amide bonds. The molecule has 0 unspecified atom stereocenters. The highest BCUT2D eigenvalue weighted by molar-refractivity contribution is 7.15. The van der Waals surface area contributed by atoms with Crippen LogP contribution >= 0.6 is 11.3 Å². The van der Waals surface area contributed by atoms with Crippen LogP contribution in [0.4, 0.5) is 5.13 Å². The van der Waals surface area contributed by atoms with Crippen molar-refractivity contribution in [3.05, 3.63) is 10.6 Å². The van der Waals surface area contributed by atoms with Gasteiger partial charge in [-0.15, -0.1) is 0 Å². The molecule has 0 aliphatic carbocycles. The maximum absolute atomic E-state index is 11.4. The number of esters is 2. The summed E-state index contributed by atoms with van der Waals surface area (Å²) in [4.78, 5) is 32.3. The molecule has 1 rings (SSSR count). The molecule has 0 fully saturated rings. The van der Waals surface area contributed by atoms with Gasteiger partial charge in [0.05, 0.1) is 19.9 Å². The van der Waals surface area contributed by atoms with E-state index in [0.717, 1.165) is 17.0 Å². The van der Waals surface area contributed by atoms with Gasteiger partial charge >= 0.3 is 11.9 Å². The van der Waals surface area contributed by atoms with Gasteiger partial charge in [-0.25, -0.2) is 9.98 Å². The first-order chi connectivity index (χ1) is 9.03. The third kappa shape index (κ3) is 3.85. The molecule has 0 aromatic carbocycles. The molecule has 0 atom stereocenters. The number of aromatic nitrogens is 1. The number of nitrogens with zero attached hydrogens (tertiary/aromatic N) is 2. The second-order valence-corrected chi connectivity index (χ2v) is 4.84. The van der Waals surface area contributed by atoms with Crippen molar-refractivity contribution < 1.29 is 19.1 Å². The first-order valence-corrected chi connectivity index (χ1v) is 6.51. The van der Waals surface area contributed by atoms with Gasteiger partial charge in [0.25, 0.3) is 0 Å². The average molecular weight is 284 g/mol. The van der Waals surface area contributed by atoms with E-state index in [1.807, 2.05) is 13.8 Å². The minimum atomic E-state index is -1.16. The molecule has 0 aliphatic rings. The number of aliphatic imine (C=N–C) groups is 1. The van der Waals surface area contributed by atoms with Crippen molar-refractivity contribution in [3.63, 3.8) is 0 Å². The van der Waals surface area contributed by atoms with Crippen molar-refractivity contribution >= 4 is 34.6 Å². The second-order valence-electron chi connectivity index (χ2n) is 3.66. The lowest BCUT2D eigenvalue weighted by atomic mass is 10.2. The van der Waals surface area contributed by atoms with Gasteiger partial charge in [-0.1, -0.05) is 18.3 Å². The summed E-state index contributed by atoms with van der Waals surface area (Å²) in [6, 6.07) is 0. The van der Waals surface area contributed by atoms with Crippen LogP contribution in [0.5, 0.6) is 0 Å². The molecule has 1 aromatic heterocycles. The van der Waals surface area contributed by atoms with Gasteiger partial charge < -0.3 is 9.47 Å². The predicted octanol–water partition coefficient (Wildman–Crippen LogP) is 1.68. The van der Waals surface area contributed by atoms with Crippen LogP contribution in [-0.2, 0) is 25.5 Å². The number of carbonyl (C=O) groups excluding carboxylic acids is 2. The molecule has 0 saturated heterocycles. The summed E-state index contributed by atoms with van der Waals surface area (Å²) < 4.78 is 9.05. The van der Waals surface area contributed by atoms with Gasteiger partial charge in [0.1, 0.15) is 0 Å². The first kappa shape index (κ1) is 15.3. The summed E-state index contributed by atoms with van der Waals surface area (Å²) >= 11 is 1.41. The third-order valence-corrected chi connectivity index (χ3v) is 3.38. The minimum Gasteiger partial charge on any atom is -0.468 e. The quantitative estimate of drug-likeness (QED) is 0.467. The summed E-state index contributed by atoms with van der Waals surface area (Å²) in [6.45, 7) is 3.95. The molecule has 0 saturated carbocycles. The Bertz CT molecular complexity index is 480. The molecule has 0 aliphatic heterocycles. The van der Waals surface area contributed by atoms with Crippen LogP contribution in [0.3, 0.4) is 0 Å². The van der Waals surface area contributed by atoms with Gasteiger partial charge in [-0.3, -0.25) is 9.59 Å². The molecule has 19 heavy (non-hydrogen) atoms. The number of thiazole rings is 1. The topological polar surface area (TPSA) is 77.9 Å². The van der Waals surface area contributed by atoms with Crippen LogP contribution in [0, 0.1) is 12.8 Å². The Morgan fingerprint density at radius 3 is 2.37 bits per heavy atom. The van der Waals surface area contributed by atoms with Gasteiger partial charge in [0, 0.05) is 11.1 Å². The molecule has 104 valence electrons. The standard InChI is InChI=1S/C12H16N2O4S/c1-5-9-7(2)19-12(14-9)13-6-8(10(15)17-3)11(16)18-4/h6,8H,5H2,1-4H3. The Balaban J connectivity index is 2.91. The van der Waals surface area contributed by atoms with Crippen LogP contribution < -0.4 is 0 Å². The Kier molecular flexibility index (Phi) is 5.62. The van der Waals surface area contributed by atoms with Crippen molar-refractivity contribution in [2.75, 3.05) is 14.2 Å². The maximum atomic E-state index is 11.4. The number of aryl methyl sites for hydroxylation is 2. The van der Waals surface area contributed by atoms with Crippen molar-refractivity contribution in [1.29, 1.82) is 0 Å². The molecule has 0 radical (unpaired) electrons. The predicted molar refractivity (Wildman–Crippen MR) is 71.9 cm³/mol. The SMILES string of the molecule is CCc1nc(N=CC(C(=O)OC)C(=O)OC)sc1C. The molecule has 0 N–H and O–H groups in total. The average Bonchev–Trinajstić information content (AvgIpc) is 2.78. The molecule has 0 spiro atoms. The zero-order valence-corrected chi connectivity index (χ0v) is 12.1. The third-order valence-electron chi connectivity index (χ3n) is 2.46. The summed E-state index contributed by atoms with van der Waals surface area (Å²) in [5.41, 5.74) is 0.963. The van der Waals surface area contributed by atoms with E-state index in [1.165, 1.54) is 31.8 Å². The van der Waals surface area contributed by atoms with E-state index >= 15 is 0 Å². The smallest absolute Gasteiger partial charge is 0.325 e. The first-order valence-electron chi connectivity index (χ1n) is 5.69. The van der Waals surface area contributed by atoms with E-state index in [1.54, 1.807) is 0 Å². The Labute approximate surface area is 115 Å². The van der Waals surface area contributed by atoms with Gasteiger partial charge in [-0.2, -0.15) is 0 Å². The number of hydrogen-bond donors (Lipinski definition) is 0. The zero-order valence-electron chi connectivity index (χ0n) is 11.3. The lowest BCUT2D eigenvalue weighted by molar-refractivity contribution is -0.154. The lowest BCUT2D eigenvalue weighted by Gasteiger charge is -2.06. The van der Waals surface area contributed by atoms with Crippen LogP contribution in [0.2, 0.25) is 0 Å². The van der Waals surface area contributed by atoms with Crippen molar-refractivity contribution in [2.45, 2.75) is 20.3 Å². The lowest BCUT2D eigenvalue weighted by Crippen LogP contribution is -2.27. The highest BCUT2D eigenvalue weighted by atomic mass is 32.1. The van der Waals surface area contributed by atoms with Crippen LogP contribution in [0.15, 0.2) is 4.99 Å². The molecule has 7 heteroatoms. The van der Waals surface area contributed by atoms with E-state index in [0.29, 0.717) is 5.13 Å². The highest BCUT2D eigenvalue weighted by Gasteiger charge is 2.26. The molecule has 0 bridgehead atoms. The van der Waals surface area contributed by atoms with Crippen molar-refractivity contribution in [1.82, 2.24) is 4.98 Å². The van der Waals surface area contributed by atoms with Crippen molar-refractivity contribution in [2.24, 2.45) is 10.9 Å². The summed E-state index contributed by atoms with van der Waals surface area (Å²) in [7, 11) is 2.41. The fourth-order valence-corrected chi connectivity index (χ4v) is 2.26. The van der Waals surface area contributed by atoms with Crippen molar-refractivity contribution in [3.8, 4) is 0 Å². The van der Waals surface area contributed by atoms with E-state index in [9.17, 15) is 9.59 Å². The summed E-state index contributed by atoms with van der Waals surface area (Å²) in [5.74, 6) is -2.58. The van der Waals surface area contributed by atoms with E-state index in [-0.39, 0.29) is 0 Å². The maximum Gasteiger partial charge on any atom is 0.325 e.